The lowest BCUT2D eigenvalue weighted by atomic mass is 10.1. The van der Waals surface area contributed by atoms with E-state index in [2.05, 4.69) is 21.7 Å². The highest BCUT2D eigenvalue weighted by Gasteiger charge is 2.12. The first-order valence-corrected chi connectivity index (χ1v) is 8.21. The van der Waals surface area contributed by atoms with Gasteiger partial charge in [-0.2, -0.15) is 0 Å². The van der Waals surface area contributed by atoms with Gasteiger partial charge in [0.25, 0.3) is 0 Å². The van der Waals surface area contributed by atoms with E-state index in [0.717, 1.165) is 41.9 Å². The number of carboxylic acids is 1. The molecular formula is C19H21N3O2. The van der Waals surface area contributed by atoms with Crippen LogP contribution in [-0.4, -0.2) is 25.6 Å². The first kappa shape index (κ1) is 16.2. The Morgan fingerprint density at radius 1 is 1.21 bits per heavy atom. The zero-order valence-corrected chi connectivity index (χ0v) is 13.8. The lowest BCUT2D eigenvalue weighted by molar-refractivity contribution is -0.137. The molecule has 0 aliphatic rings. The zero-order valence-electron chi connectivity index (χ0n) is 13.8. The second-order valence-electron chi connectivity index (χ2n) is 6.05. The molecule has 3 aromatic rings. The van der Waals surface area contributed by atoms with E-state index in [1.54, 1.807) is 0 Å². The van der Waals surface area contributed by atoms with Crippen molar-refractivity contribution in [1.82, 2.24) is 14.5 Å². The van der Waals surface area contributed by atoms with Crippen molar-refractivity contribution in [1.29, 1.82) is 0 Å². The van der Waals surface area contributed by atoms with Gasteiger partial charge in [0.2, 0.25) is 0 Å². The summed E-state index contributed by atoms with van der Waals surface area (Å²) < 4.78 is 2.13. The van der Waals surface area contributed by atoms with Crippen molar-refractivity contribution in [2.24, 2.45) is 0 Å². The van der Waals surface area contributed by atoms with Crippen LogP contribution in [0.2, 0.25) is 0 Å². The van der Waals surface area contributed by atoms with E-state index in [4.69, 9.17) is 10.1 Å². The molecule has 124 valence electrons. The number of pyridine rings is 1. The van der Waals surface area contributed by atoms with Gasteiger partial charge in [0, 0.05) is 25.6 Å². The Hall–Kier alpha value is -2.69. The minimum Gasteiger partial charge on any atom is -0.481 e. The van der Waals surface area contributed by atoms with Crippen LogP contribution in [0.3, 0.4) is 0 Å². The standard InChI is InChI=1S/C19H21N3O2/c1-14-11-16-19(20-13-14)22(10-6-5-9-18(23)24)17(21-16)12-15-7-3-2-4-8-15/h2-4,7-8,11,13H,5-6,9-10,12H2,1H3,(H,23,24). The van der Waals surface area contributed by atoms with Gasteiger partial charge in [-0.1, -0.05) is 30.3 Å². The number of unbranched alkanes of at least 4 members (excludes halogenated alkanes) is 1. The number of hydrogen-bond acceptors (Lipinski definition) is 3. The number of rotatable bonds is 7. The van der Waals surface area contributed by atoms with Crippen LogP contribution in [0.5, 0.6) is 0 Å². The summed E-state index contributed by atoms with van der Waals surface area (Å²) in [5, 5.41) is 8.79. The van der Waals surface area contributed by atoms with Gasteiger partial charge in [0.15, 0.2) is 5.65 Å². The zero-order chi connectivity index (χ0) is 16.9. The highest BCUT2D eigenvalue weighted by molar-refractivity contribution is 5.72. The van der Waals surface area contributed by atoms with Crippen molar-refractivity contribution in [2.45, 2.75) is 39.2 Å². The molecule has 5 nitrogen and oxygen atoms in total. The van der Waals surface area contributed by atoms with Gasteiger partial charge in [0.1, 0.15) is 11.3 Å². The van der Waals surface area contributed by atoms with Gasteiger partial charge in [-0.3, -0.25) is 4.79 Å². The van der Waals surface area contributed by atoms with Gasteiger partial charge in [-0.25, -0.2) is 9.97 Å². The Bertz CT molecular complexity index is 840. The molecule has 2 aromatic heterocycles. The number of carbonyl (C=O) groups is 1. The van der Waals surface area contributed by atoms with Crippen LogP contribution in [0.25, 0.3) is 11.2 Å². The molecule has 0 radical (unpaired) electrons. The van der Waals surface area contributed by atoms with Gasteiger partial charge in [-0.15, -0.1) is 0 Å². The van der Waals surface area contributed by atoms with Crippen LogP contribution in [0.15, 0.2) is 42.6 Å². The highest BCUT2D eigenvalue weighted by Crippen LogP contribution is 2.19. The van der Waals surface area contributed by atoms with Crippen LogP contribution in [0, 0.1) is 6.92 Å². The molecule has 1 N–H and O–H groups in total. The van der Waals surface area contributed by atoms with Crippen molar-refractivity contribution in [3.8, 4) is 0 Å². The highest BCUT2D eigenvalue weighted by atomic mass is 16.4. The third-order valence-corrected chi connectivity index (χ3v) is 4.03. The second kappa shape index (κ2) is 7.25. The maximum atomic E-state index is 10.7. The molecule has 3 rings (SSSR count). The van der Waals surface area contributed by atoms with Crippen molar-refractivity contribution in [3.63, 3.8) is 0 Å². The molecule has 0 aliphatic heterocycles. The molecule has 24 heavy (non-hydrogen) atoms. The molecule has 0 amide bonds. The maximum Gasteiger partial charge on any atom is 0.303 e. The lowest BCUT2D eigenvalue weighted by Gasteiger charge is -2.08. The summed E-state index contributed by atoms with van der Waals surface area (Å²) in [5.74, 6) is 0.230. The molecule has 1 aromatic carbocycles. The van der Waals surface area contributed by atoms with Gasteiger partial charge in [0.05, 0.1) is 0 Å². The number of hydrogen-bond donors (Lipinski definition) is 1. The topological polar surface area (TPSA) is 68.0 Å². The van der Waals surface area contributed by atoms with Crippen molar-refractivity contribution < 1.29 is 9.90 Å². The van der Waals surface area contributed by atoms with Gasteiger partial charge >= 0.3 is 5.97 Å². The molecule has 0 saturated carbocycles. The molecule has 0 spiro atoms. The molecule has 0 bridgehead atoms. The van der Waals surface area contributed by atoms with Crippen molar-refractivity contribution in [3.05, 3.63) is 59.5 Å². The minimum absolute atomic E-state index is 0.202. The number of benzene rings is 1. The van der Waals surface area contributed by atoms with Gasteiger partial charge in [-0.05, 0) is 37.0 Å². The fraction of sp³-hybridized carbons (Fsp3) is 0.316. The largest absolute Gasteiger partial charge is 0.481 e. The first-order valence-electron chi connectivity index (χ1n) is 8.21. The molecule has 0 atom stereocenters. The summed E-state index contributed by atoms with van der Waals surface area (Å²) >= 11 is 0. The van der Waals surface area contributed by atoms with E-state index in [9.17, 15) is 4.79 Å². The molecule has 0 saturated heterocycles. The Labute approximate surface area is 141 Å². The van der Waals surface area contributed by atoms with Crippen LogP contribution in [0.4, 0.5) is 0 Å². The Morgan fingerprint density at radius 2 is 2.00 bits per heavy atom. The summed E-state index contributed by atoms with van der Waals surface area (Å²) in [6, 6.07) is 12.3. The number of aromatic nitrogens is 3. The van der Waals surface area contributed by atoms with Gasteiger partial charge < -0.3 is 9.67 Å². The third-order valence-electron chi connectivity index (χ3n) is 4.03. The SMILES string of the molecule is Cc1cnc2c(c1)nc(Cc1ccccc1)n2CCCCC(=O)O. The van der Waals surface area contributed by atoms with Crippen LogP contribution >= 0.6 is 0 Å². The fourth-order valence-corrected chi connectivity index (χ4v) is 2.85. The quantitative estimate of drug-likeness (QED) is 0.675. The molecule has 0 aliphatic carbocycles. The monoisotopic (exact) mass is 323 g/mol. The average Bonchev–Trinajstić information content (AvgIpc) is 2.88. The van der Waals surface area contributed by atoms with E-state index >= 15 is 0 Å². The summed E-state index contributed by atoms with van der Waals surface area (Å²) in [6.45, 7) is 2.75. The molecule has 5 heteroatoms. The summed E-state index contributed by atoms with van der Waals surface area (Å²) in [6.07, 6.45) is 4.26. The van der Waals surface area contributed by atoms with E-state index in [0.29, 0.717) is 6.42 Å². The van der Waals surface area contributed by atoms with Crippen LogP contribution in [0.1, 0.15) is 36.2 Å². The lowest BCUT2D eigenvalue weighted by Crippen LogP contribution is -2.06. The maximum absolute atomic E-state index is 10.7. The summed E-state index contributed by atoms with van der Waals surface area (Å²) in [4.78, 5) is 20.0. The van der Waals surface area contributed by atoms with E-state index in [-0.39, 0.29) is 6.42 Å². The smallest absolute Gasteiger partial charge is 0.303 e. The van der Waals surface area contributed by atoms with Crippen LogP contribution < -0.4 is 0 Å². The first-order chi connectivity index (χ1) is 11.6. The second-order valence-corrected chi connectivity index (χ2v) is 6.05. The normalized spacial score (nSPS) is 11.0. The number of nitrogens with zero attached hydrogens (tertiary/aromatic N) is 3. The molecule has 0 fully saturated rings. The van der Waals surface area contributed by atoms with Crippen molar-refractivity contribution in [2.75, 3.05) is 0 Å². The predicted octanol–water partition coefficient (Wildman–Crippen LogP) is 3.59. The number of carboxylic acid groups (broad SMARTS) is 1. The molecule has 2 heterocycles. The fourth-order valence-electron chi connectivity index (χ4n) is 2.85. The Morgan fingerprint density at radius 3 is 2.75 bits per heavy atom. The van der Waals surface area contributed by atoms with E-state index in [1.165, 1.54) is 5.56 Å². The number of aryl methyl sites for hydroxylation is 2. The minimum atomic E-state index is -0.747. The Balaban J connectivity index is 1.87. The molecular weight excluding hydrogens is 302 g/mol. The predicted molar refractivity (Wildman–Crippen MR) is 93.0 cm³/mol. The summed E-state index contributed by atoms with van der Waals surface area (Å²) in [7, 11) is 0. The number of imidazole rings is 1. The average molecular weight is 323 g/mol. The van der Waals surface area contributed by atoms with E-state index < -0.39 is 5.97 Å². The third kappa shape index (κ3) is 3.79. The summed E-state index contributed by atoms with van der Waals surface area (Å²) in [5.41, 5.74) is 4.07. The number of fused-ring (bicyclic) bond motifs is 1. The Kier molecular flexibility index (Phi) is 4.89. The van der Waals surface area contributed by atoms with E-state index in [1.807, 2.05) is 37.4 Å². The van der Waals surface area contributed by atoms with Crippen molar-refractivity contribution >= 4 is 17.1 Å². The van der Waals surface area contributed by atoms with Crippen LogP contribution in [-0.2, 0) is 17.8 Å². The number of aliphatic carboxylic acids is 1. The molecule has 0 unspecified atom stereocenters.